The lowest BCUT2D eigenvalue weighted by atomic mass is 10.2. The van der Waals surface area contributed by atoms with Gasteiger partial charge in [-0.1, -0.05) is 13.8 Å². The van der Waals surface area contributed by atoms with Gasteiger partial charge in [-0.15, -0.1) is 0 Å². The lowest BCUT2D eigenvalue weighted by Gasteiger charge is -2.11. The van der Waals surface area contributed by atoms with Crippen molar-refractivity contribution in [2.24, 2.45) is 5.92 Å². The number of carbonyl (C=O) groups is 2. The molecule has 0 saturated carbocycles. The van der Waals surface area contributed by atoms with Crippen molar-refractivity contribution in [2.45, 2.75) is 18.7 Å². The van der Waals surface area contributed by atoms with E-state index in [-0.39, 0.29) is 22.1 Å². The van der Waals surface area contributed by atoms with Gasteiger partial charge >= 0.3 is 5.97 Å². The molecule has 24 heavy (non-hydrogen) atoms. The average molecular weight is 358 g/mol. The van der Waals surface area contributed by atoms with Crippen molar-refractivity contribution in [2.75, 3.05) is 27.3 Å². The lowest BCUT2D eigenvalue weighted by Crippen LogP contribution is -2.31. The number of esters is 1. The first-order valence-electron chi connectivity index (χ1n) is 7.26. The molecule has 1 rings (SSSR count). The van der Waals surface area contributed by atoms with E-state index in [0.717, 1.165) is 6.07 Å². The number of ether oxygens (including phenoxy) is 2. The molecule has 0 radical (unpaired) electrons. The summed E-state index contributed by atoms with van der Waals surface area (Å²) in [6.07, 6.45) is 0. The molecule has 1 amide bonds. The van der Waals surface area contributed by atoms with Crippen LogP contribution >= 0.6 is 0 Å². The summed E-state index contributed by atoms with van der Waals surface area (Å²) in [5.74, 6) is -0.852. The van der Waals surface area contributed by atoms with Crippen molar-refractivity contribution < 1.29 is 27.5 Å². The summed E-state index contributed by atoms with van der Waals surface area (Å²) < 4.78 is 36.0. The van der Waals surface area contributed by atoms with Gasteiger partial charge in [-0.25, -0.2) is 17.9 Å². The van der Waals surface area contributed by atoms with E-state index in [2.05, 4.69) is 10.0 Å². The molecule has 2 N–H and O–H groups in total. The highest BCUT2D eigenvalue weighted by Crippen LogP contribution is 2.24. The number of benzene rings is 1. The number of carbonyl (C=O) groups excluding carboxylic acids is 2. The molecule has 134 valence electrons. The van der Waals surface area contributed by atoms with Gasteiger partial charge in [-0.05, 0) is 31.2 Å². The summed E-state index contributed by atoms with van der Waals surface area (Å²) in [6, 6.07) is 3.85. The molecule has 0 atom stereocenters. The third-order valence-electron chi connectivity index (χ3n) is 3.00. The Kier molecular flexibility index (Phi) is 7.18. The lowest BCUT2D eigenvalue weighted by molar-refractivity contribution is -0.124. The first kappa shape index (κ1) is 19.9. The third kappa shape index (κ3) is 5.50. The van der Waals surface area contributed by atoms with E-state index in [1.54, 1.807) is 0 Å². The number of hydrogen-bond donors (Lipinski definition) is 2. The van der Waals surface area contributed by atoms with Crippen molar-refractivity contribution in [3.05, 3.63) is 23.8 Å². The zero-order valence-electron chi connectivity index (χ0n) is 14.1. The van der Waals surface area contributed by atoms with Crippen molar-refractivity contribution in [1.29, 1.82) is 0 Å². The Morgan fingerprint density at radius 2 is 1.92 bits per heavy atom. The zero-order chi connectivity index (χ0) is 18.3. The smallest absolute Gasteiger partial charge is 0.338 e. The minimum absolute atomic E-state index is 0.00119. The van der Waals surface area contributed by atoms with Gasteiger partial charge in [0, 0.05) is 6.54 Å². The molecule has 0 spiro atoms. The molecule has 0 fully saturated rings. The molecule has 8 nitrogen and oxygen atoms in total. The van der Waals surface area contributed by atoms with Crippen LogP contribution in [0.2, 0.25) is 0 Å². The molecule has 0 aromatic heterocycles. The second-order valence-electron chi connectivity index (χ2n) is 5.35. The highest BCUT2D eigenvalue weighted by atomic mass is 32.2. The maximum absolute atomic E-state index is 12.0. The second-order valence-corrected chi connectivity index (χ2v) is 7.20. The standard InChI is InChI=1S/C15H22N2O6S/c1-10(2)8-17-14(18)9-23-15(19)11-5-6-12(22-4)13(7-11)24(20,21)16-3/h5-7,10,16H,8-9H2,1-4H3,(H,17,18). The summed E-state index contributed by atoms with van der Waals surface area (Å²) in [4.78, 5) is 23.3. The Hall–Kier alpha value is -2.13. The van der Waals surface area contributed by atoms with Crippen LogP contribution < -0.4 is 14.8 Å². The molecule has 1 aromatic carbocycles. The SMILES string of the molecule is CNS(=O)(=O)c1cc(C(=O)OCC(=O)NCC(C)C)ccc1OC. The van der Waals surface area contributed by atoms with Crippen LogP contribution in [-0.2, 0) is 19.6 Å². The Labute approximate surface area is 141 Å². The second kappa shape index (κ2) is 8.65. The fourth-order valence-corrected chi connectivity index (χ4v) is 2.63. The van der Waals surface area contributed by atoms with Crippen LogP contribution in [0.15, 0.2) is 23.1 Å². The molecule has 0 heterocycles. The van der Waals surface area contributed by atoms with Gasteiger partial charge in [-0.2, -0.15) is 0 Å². The molecule has 0 aliphatic rings. The number of methoxy groups -OCH3 is 1. The van der Waals surface area contributed by atoms with E-state index >= 15 is 0 Å². The molecule has 0 aliphatic carbocycles. The van der Waals surface area contributed by atoms with Crippen LogP contribution in [0.25, 0.3) is 0 Å². The fraction of sp³-hybridized carbons (Fsp3) is 0.467. The van der Waals surface area contributed by atoms with Crippen molar-refractivity contribution >= 4 is 21.9 Å². The van der Waals surface area contributed by atoms with Crippen LogP contribution in [0.4, 0.5) is 0 Å². The quantitative estimate of drug-likeness (QED) is 0.656. The minimum Gasteiger partial charge on any atom is -0.495 e. The van der Waals surface area contributed by atoms with Crippen molar-refractivity contribution in [3.8, 4) is 5.75 Å². The van der Waals surface area contributed by atoms with E-state index in [4.69, 9.17) is 9.47 Å². The molecule has 0 aliphatic heterocycles. The number of rotatable bonds is 8. The van der Waals surface area contributed by atoms with Gasteiger partial charge in [0.25, 0.3) is 5.91 Å². The monoisotopic (exact) mass is 358 g/mol. The molecular weight excluding hydrogens is 336 g/mol. The number of sulfonamides is 1. The molecule has 9 heteroatoms. The Morgan fingerprint density at radius 3 is 2.46 bits per heavy atom. The normalized spacial score (nSPS) is 11.2. The van der Waals surface area contributed by atoms with Crippen LogP contribution in [0.3, 0.4) is 0 Å². The first-order valence-corrected chi connectivity index (χ1v) is 8.75. The predicted molar refractivity (Wildman–Crippen MR) is 87.4 cm³/mol. The third-order valence-corrected chi connectivity index (χ3v) is 4.43. The minimum atomic E-state index is -3.81. The Bertz CT molecular complexity index is 700. The van der Waals surface area contributed by atoms with Gasteiger partial charge in [0.05, 0.1) is 12.7 Å². The Morgan fingerprint density at radius 1 is 1.25 bits per heavy atom. The highest BCUT2D eigenvalue weighted by Gasteiger charge is 2.21. The van der Waals surface area contributed by atoms with Crippen LogP contribution in [-0.4, -0.2) is 47.6 Å². The van der Waals surface area contributed by atoms with Gasteiger partial charge in [0.2, 0.25) is 10.0 Å². The molecular formula is C15H22N2O6S. The maximum Gasteiger partial charge on any atom is 0.338 e. The summed E-state index contributed by atoms with van der Waals surface area (Å²) >= 11 is 0. The summed E-state index contributed by atoms with van der Waals surface area (Å²) in [6.45, 7) is 3.91. The van der Waals surface area contributed by atoms with Gasteiger partial charge in [0.15, 0.2) is 6.61 Å². The van der Waals surface area contributed by atoms with E-state index in [1.165, 1.54) is 26.3 Å². The van der Waals surface area contributed by atoms with Gasteiger partial charge in [0.1, 0.15) is 10.6 Å². The molecule has 0 saturated heterocycles. The highest BCUT2D eigenvalue weighted by molar-refractivity contribution is 7.89. The molecule has 0 bridgehead atoms. The summed E-state index contributed by atoms with van der Waals surface area (Å²) in [5, 5.41) is 2.61. The van der Waals surface area contributed by atoms with Gasteiger partial charge < -0.3 is 14.8 Å². The van der Waals surface area contributed by atoms with Crippen LogP contribution in [0, 0.1) is 5.92 Å². The summed E-state index contributed by atoms with van der Waals surface area (Å²) in [5.41, 5.74) is 0.00119. The van der Waals surface area contributed by atoms with E-state index in [9.17, 15) is 18.0 Å². The molecule has 1 aromatic rings. The summed E-state index contributed by atoms with van der Waals surface area (Å²) in [7, 11) is -1.24. The fourth-order valence-electron chi connectivity index (χ4n) is 1.71. The van der Waals surface area contributed by atoms with E-state index < -0.39 is 28.5 Å². The van der Waals surface area contributed by atoms with Crippen LogP contribution in [0.1, 0.15) is 24.2 Å². The topological polar surface area (TPSA) is 111 Å². The van der Waals surface area contributed by atoms with E-state index in [0.29, 0.717) is 6.54 Å². The van der Waals surface area contributed by atoms with Gasteiger partial charge in [-0.3, -0.25) is 4.79 Å². The van der Waals surface area contributed by atoms with Crippen LogP contribution in [0.5, 0.6) is 5.75 Å². The van der Waals surface area contributed by atoms with E-state index in [1.807, 2.05) is 13.8 Å². The van der Waals surface area contributed by atoms with Crippen molar-refractivity contribution in [1.82, 2.24) is 10.0 Å². The first-order chi connectivity index (χ1) is 11.2. The average Bonchev–Trinajstić information content (AvgIpc) is 2.57. The number of amides is 1. The maximum atomic E-state index is 12.0. The zero-order valence-corrected chi connectivity index (χ0v) is 14.9. The predicted octanol–water partition coefficient (Wildman–Crippen LogP) is 0.532. The number of nitrogens with one attached hydrogen (secondary N) is 2. The molecule has 0 unspecified atom stereocenters. The largest absolute Gasteiger partial charge is 0.495 e. The Balaban J connectivity index is 2.85. The van der Waals surface area contributed by atoms with Crippen molar-refractivity contribution in [3.63, 3.8) is 0 Å². The number of hydrogen-bond acceptors (Lipinski definition) is 6.